The van der Waals surface area contributed by atoms with Crippen LogP contribution in [0.15, 0.2) is 11.8 Å². The van der Waals surface area contributed by atoms with Crippen LogP contribution in [0.1, 0.15) is 27.7 Å². The minimum Gasteiger partial charge on any atom is -0.475 e. The van der Waals surface area contributed by atoms with Crippen LogP contribution in [-0.2, 0) is 48.2 Å². The second-order valence-corrected chi connectivity index (χ2v) is 11.7. The van der Waals surface area contributed by atoms with Crippen molar-refractivity contribution in [3.05, 3.63) is 11.8 Å². The standard InChI is InChI=1S/C18H31NO15S2/c1-16(2)12(19)13(21)17(3,11(33-16)6-31-35(24,25)26)7-30-8-18(4)14(34-36(27,28)29)9(20)5-10(32-18)15(22)23/h5,9,11-14,20-21H,6-8,19H2,1-4H3,(H,22,23)(H,24,25,26)(H,27,28,29)/t9-,11?,12?,13+,14?,17-,18-/m1/s1. The lowest BCUT2D eigenvalue weighted by atomic mass is 9.70. The molecule has 2 rings (SSSR count). The fourth-order valence-electron chi connectivity index (χ4n) is 4.05. The van der Waals surface area contributed by atoms with E-state index in [4.69, 9.17) is 29.0 Å². The minimum absolute atomic E-state index is 0.475. The van der Waals surface area contributed by atoms with Crippen molar-refractivity contribution in [3.8, 4) is 0 Å². The summed E-state index contributed by atoms with van der Waals surface area (Å²) in [5.74, 6) is -2.34. The van der Waals surface area contributed by atoms with Gasteiger partial charge in [0, 0.05) is 5.41 Å². The number of ether oxygens (including phenoxy) is 3. The summed E-state index contributed by atoms with van der Waals surface area (Å²) in [6, 6.07) is -1.01. The van der Waals surface area contributed by atoms with Gasteiger partial charge in [-0.05, 0) is 26.8 Å². The van der Waals surface area contributed by atoms with Gasteiger partial charge in [0.1, 0.15) is 6.10 Å². The van der Waals surface area contributed by atoms with Gasteiger partial charge in [-0.25, -0.2) is 13.2 Å². The Labute approximate surface area is 207 Å². The van der Waals surface area contributed by atoms with E-state index >= 15 is 0 Å². The highest BCUT2D eigenvalue weighted by molar-refractivity contribution is 7.81. The average Bonchev–Trinajstić information content (AvgIpc) is 2.70. The summed E-state index contributed by atoms with van der Waals surface area (Å²) in [4.78, 5) is 11.4. The lowest BCUT2D eigenvalue weighted by Crippen LogP contribution is -2.69. The summed E-state index contributed by atoms with van der Waals surface area (Å²) < 4.78 is 88.5. The first kappa shape index (κ1) is 30.8. The number of hydrogen-bond donors (Lipinski definition) is 6. The number of hydrogen-bond acceptors (Lipinski definition) is 13. The zero-order valence-corrected chi connectivity index (χ0v) is 21.4. The number of aliphatic carboxylic acids is 1. The third-order valence-corrected chi connectivity index (χ3v) is 7.07. The maximum Gasteiger partial charge on any atom is 0.397 e. The van der Waals surface area contributed by atoms with Crippen molar-refractivity contribution in [2.45, 2.75) is 69.4 Å². The van der Waals surface area contributed by atoms with Gasteiger partial charge in [0.05, 0.1) is 43.7 Å². The van der Waals surface area contributed by atoms with Gasteiger partial charge in [0.15, 0.2) is 11.7 Å². The molecule has 0 aromatic carbocycles. The quantitative estimate of drug-likeness (QED) is 0.156. The second-order valence-electron chi connectivity index (χ2n) is 9.58. The number of rotatable bonds is 10. The van der Waals surface area contributed by atoms with Gasteiger partial charge in [-0.15, -0.1) is 0 Å². The van der Waals surface area contributed by atoms with Crippen molar-refractivity contribution >= 4 is 26.8 Å². The average molecular weight is 566 g/mol. The first-order chi connectivity index (χ1) is 16.1. The highest BCUT2D eigenvalue weighted by Gasteiger charge is 2.56. The van der Waals surface area contributed by atoms with E-state index in [1.165, 1.54) is 20.8 Å². The molecule has 18 heteroatoms. The predicted octanol–water partition coefficient (Wildman–Crippen LogP) is -2.00. The molecule has 1 saturated heterocycles. The molecule has 2 heterocycles. The molecule has 2 aliphatic heterocycles. The number of nitrogens with two attached hydrogens (primary N) is 1. The van der Waals surface area contributed by atoms with Gasteiger partial charge < -0.3 is 35.3 Å². The third kappa shape index (κ3) is 7.10. The first-order valence-electron chi connectivity index (χ1n) is 10.4. The lowest BCUT2D eigenvalue weighted by Gasteiger charge is -2.53. The number of aliphatic hydroxyl groups is 2. The summed E-state index contributed by atoms with van der Waals surface area (Å²) in [6.07, 6.45) is -5.64. The Morgan fingerprint density at radius 2 is 1.67 bits per heavy atom. The maximum atomic E-state index is 11.4. The Morgan fingerprint density at radius 3 is 2.17 bits per heavy atom. The Bertz CT molecular complexity index is 1070. The van der Waals surface area contributed by atoms with Crippen LogP contribution in [0.4, 0.5) is 0 Å². The SMILES string of the molecule is CC1(C)OC(COS(=O)(=O)O)[C@@](C)(COC[C@@]2(C)OC(C(=O)O)=C[C@@H](O)C2OS(=O)(=O)O)[C@@H](O)C1N. The van der Waals surface area contributed by atoms with Crippen LogP contribution in [-0.4, -0.2) is 109 Å². The van der Waals surface area contributed by atoms with E-state index in [1.807, 2.05) is 0 Å². The highest BCUT2D eigenvalue weighted by Crippen LogP contribution is 2.42. The molecule has 16 nitrogen and oxygen atoms in total. The van der Waals surface area contributed by atoms with Crippen LogP contribution in [0.25, 0.3) is 0 Å². The molecule has 0 aliphatic carbocycles. The Balaban J connectivity index is 2.31. The molecule has 0 amide bonds. The van der Waals surface area contributed by atoms with Gasteiger partial charge in [-0.1, -0.05) is 6.92 Å². The first-order valence-corrected chi connectivity index (χ1v) is 13.1. The third-order valence-electron chi connectivity index (χ3n) is 6.18. The fourth-order valence-corrected chi connectivity index (χ4v) is 4.92. The number of carboxylic acids is 1. The Hall–Kier alpha value is -1.45. The van der Waals surface area contributed by atoms with E-state index in [0.29, 0.717) is 6.08 Å². The predicted molar refractivity (Wildman–Crippen MR) is 117 cm³/mol. The zero-order valence-electron chi connectivity index (χ0n) is 19.8. The number of carboxylic acid groups (broad SMARTS) is 1. The maximum absolute atomic E-state index is 11.4. The summed E-state index contributed by atoms with van der Waals surface area (Å²) in [5, 5.41) is 30.5. The van der Waals surface area contributed by atoms with E-state index in [0.717, 1.165) is 6.92 Å². The van der Waals surface area contributed by atoms with Gasteiger partial charge in [0.2, 0.25) is 5.76 Å². The van der Waals surface area contributed by atoms with E-state index in [-0.39, 0.29) is 0 Å². The van der Waals surface area contributed by atoms with Crippen molar-refractivity contribution in [2.24, 2.45) is 11.1 Å². The molecule has 2 aliphatic rings. The summed E-state index contributed by atoms with van der Waals surface area (Å²) in [5.41, 5.74) is 1.44. The second kappa shape index (κ2) is 10.4. The largest absolute Gasteiger partial charge is 0.475 e. The summed E-state index contributed by atoms with van der Waals surface area (Å²) in [6.45, 7) is 3.76. The van der Waals surface area contributed by atoms with Gasteiger partial charge >= 0.3 is 26.8 Å². The van der Waals surface area contributed by atoms with Crippen LogP contribution >= 0.6 is 0 Å². The van der Waals surface area contributed by atoms with Crippen molar-refractivity contribution in [3.63, 3.8) is 0 Å². The molecule has 7 atom stereocenters. The lowest BCUT2D eigenvalue weighted by molar-refractivity contribution is -0.250. The van der Waals surface area contributed by atoms with Crippen LogP contribution in [0, 0.1) is 5.41 Å². The van der Waals surface area contributed by atoms with Crippen LogP contribution in [0.2, 0.25) is 0 Å². The van der Waals surface area contributed by atoms with Crippen molar-refractivity contribution < 1.29 is 68.6 Å². The molecule has 3 unspecified atom stereocenters. The van der Waals surface area contributed by atoms with E-state index < -0.39 is 99.4 Å². The summed E-state index contributed by atoms with van der Waals surface area (Å²) in [7, 11) is -10.0. The van der Waals surface area contributed by atoms with Crippen molar-refractivity contribution in [1.82, 2.24) is 0 Å². The molecule has 36 heavy (non-hydrogen) atoms. The number of carbonyl (C=O) groups is 1. The van der Waals surface area contributed by atoms with Gasteiger partial charge in [-0.3, -0.25) is 9.11 Å². The smallest absolute Gasteiger partial charge is 0.397 e. The molecule has 0 radical (unpaired) electrons. The zero-order chi connectivity index (χ0) is 27.9. The van der Waals surface area contributed by atoms with E-state index in [2.05, 4.69) is 8.37 Å². The van der Waals surface area contributed by atoms with Crippen molar-refractivity contribution in [1.29, 1.82) is 0 Å². The van der Waals surface area contributed by atoms with E-state index in [1.54, 1.807) is 0 Å². The number of aliphatic hydroxyl groups excluding tert-OH is 2. The molecular weight excluding hydrogens is 534 g/mol. The molecular formula is C18H31NO15S2. The molecule has 0 aromatic heterocycles. The van der Waals surface area contributed by atoms with E-state index in [9.17, 15) is 36.9 Å². The van der Waals surface area contributed by atoms with Gasteiger partial charge in [0.25, 0.3) is 0 Å². The molecule has 0 bridgehead atoms. The molecule has 0 aromatic rings. The topological polar surface area (TPSA) is 259 Å². The normalized spacial score (nSPS) is 37.1. The molecule has 210 valence electrons. The van der Waals surface area contributed by atoms with Crippen LogP contribution in [0.3, 0.4) is 0 Å². The fraction of sp³-hybridized carbons (Fsp3) is 0.833. The van der Waals surface area contributed by atoms with Crippen LogP contribution < -0.4 is 5.73 Å². The van der Waals surface area contributed by atoms with Gasteiger partial charge in [-0.2, -0.15) is 16.8 Å². The molecule has 0 spiro atoms. The molecule has 7 N–H and O–H groups in total. The monoisotopic (exact) mass is 565 g/mol. The summed E-state index contributed by atoms with van der Waals surface area (Å²) >= 11 is 0. The van der Waals surface area contributed by atoms with Crippen LogP contribution in [0.5, 0.6) is 0 Å². The highest BCUT2D eigenvalue weighted by atomic mass is 32.3. The molecule has 0 saturated carbocycles. The Morgan fingerprint density at radius 1 is 1.08 bits per heavy atom. The Kier molecular flexibility index (Phi) is 8.86. The molecule has 1 fully saturated rings. The minimum atomic E-state index is -5.13. The van der Waals surface area contributed by atoms with Crippen molar-refractivity contribution in [2.75, 3.05) is 19.8 Å².